The maximum atomic E-state index is 13.1. The van der Waals surface area contributed by atoms with Gasteiger partial charge in [-0.3, -0.25) is 4.79 Å². The largest absolute Gasteiger partial charge is 0.361 e. The van der Waals surface area contributed by atoms with E-state index >= 15 is 0 Å². The molecule has 4 aliphatic rings. The Kier molecular flexibility index (Phi) is 4.75. The normalized spacial score (nSPS) is 48.6. The van der Waals surface area contributed by atoms with E-state index in [-0.39, 0.29) is 17.1 Å². The van der Waals surface area contributed by atoms with Crippen LogP contribution in [0.1, 0.15) is 78.1 Å². The lowest BCUT2D eigenvalue weighted by Gasteiger charge is -2.60. The van der Waals surface area contributed by atoms with Crippen LogP contribution >= 0.6 is 0 Å². The van der Waals surface area contributed by atoms with Gasteiger partial charge in [-0.05, 0) is 85.9 Å². The summed E-state index contributed by atoms with van der Waals surface area (Å²) in [6.45, 7) is 5.02. The molecule has 0 heterocycles. The number of ketones is 1. The maximum absolute atomic E-state index is 13.1. The lowest BCUT2D eigenvalue weighted by Crippen LogP contribution is -2.53. The Bertz CT molecular complexity index is 604. The minimum atomic E-state index is -0.653. The van der Waals surface area contributed by atoms with Crippen LogP contribution in [0.3, 0.4) is 0 Å². The Morgan fingerprint density at radius 1 is 1.00 bits per heavy atom. The molecule has 26 heavy (non-hydrogen) atoms. The highest BCUT2D eigenvalue weighted by atomic mass is 16.5. The van der Waals surface area contributed by atoms with Gasteiger partial charge in [0, 0.05) is 13.0 Å². The summed E-state index contributed by atoms with van der Waals surface area (Å²) in [5, 5.41) is 0. The van der Waals surface area contributed by atoms with Gasteiger partial charge in [-0.2, -0.15) is 0 Å². The highest BCUT2D eigenvalue weighted by molar-refractivity contribution is 5.89. The van der Waals surface area contributed by atoms with Gasteiger partial charge in [0.15, 0.2) is 11.9 Å². The molecule has 2 nitrogen and oxygen atoms in total. The van der Waals surface area contributed by atoms with Crippen LogP contribution in [-0.4, -0.2) is 19.0 Å². The Morgan fingerprint density at radius 2 is 1.77 bits per heavy atom. The molecule has 1 unspecified atom stereocenters. The fraction of sp³-hybridized carbons (Fsp3) is 0.875. The van der Waals surface area contributed by atoms with Gasteiger partial charge in [-0.25, -0.2) is 0 Å². The Labute approximate surface area is 159 Å². The van der Waals surface area contributed by atoms with Gasteiger partial charge in [0.25, 0.3) is 0 Å². The number of hydrogen-bond acceptors (Lipinski definition) is 2. The summed E-state index contributed by atoms with van der Waals surface area (Å²) in [6, 6.07) is 0. The Morgan fingerprint density at radius 3 is 2.50 bits per heavy atom. The first-order valence-electron chi connectivity index (χ1n) is 11.0. The lowest BCUT2D eigenvalue weighted by molar-refractivity contribution is -0.141. The van der Waals surface area contributed by atoms with Crippen LogP contribution in [0.5, 0.6) is 0 Å². The zero-order valence-corrected chi connectivity index (χ0v) is 16.9. The average Bonchev–Trinajstić information content (AvgIpc) is 2.99. The molecular weight excluding hydrogens is 320 g/mol. The fourth-order valence-electron chi connectivity index (χ4n) is 8.21. The first kappa shape index (κ1) is 18.5. The molecule has 2 heteroatoms. The van der Waals surface area contributed by atoms with Crippen LogP contribution in [0.15, 0.2) is 0 Å². The molecule has 4 rings (SSSR count). The topological polar surface area (TPSA) is 26.3 Å². The van der Waals surface area contributed by atoms with Crippen molar-refractivity contribution in [2.24, 2.45) is 40.4 Å². The third kappa shape index (κ3) is 2.53. The van der Waals surface area contributed by atoms with Gasteiger partial charge in [-0.15, -0.1) is 6.42 Å². The highest BCUT2D eigenvalue weighted by Crippen LogP contribution is 2.67. The number of carbonyl (C=O) groups is 1. The Balaban J connectivity index is 1.58. The van der Waals surface area contributed by atoms with Gasteiger partial charge in [0.1, 0.15) is 0 Å². The third-order valence-corrected chi connectivity index (χ3v) is 9.57. The highest BCUT2D eigenvalue weighted by Gasteiger charge is 2.61. The maximum Gasteiger partial charge on any atom is 0.177 e. The summed E-state index contributed by atoms with van der Waals surface area (Å²) < 4.78 is 5.31. The second-order valence-electron chi connectivity index (χ2n) is 10.3. The number of fused-ring (bicyclic) bond motifs is 5. The van der Waals surface area contributed by atoms with E-state index in [1.54, 1.807) is 7.11 Å². The summed E-state index contributed by atoms with van der Waals surface area (Å²) >= 11 is 0. The third-order valence-electron chi connectivity index (χ3n) is 9.57. The SMILES string of the molecule is C#CC(OC)C(=O)[C@H]1CC[C@H]2[C@@H]3CC[C@@H]4CCCC[C@]4(C)[C@H]3CC[C@]12C. The second-order valence-corrected chi connectivity index (χ2v) is 10.3. The van der Waals surface area contributed by atoms with Crippen molar-refractivity contribution in [3.05, 3.63) is 0 Å². The van der Waals surface area contributed by atoms with Crippen LogP contribution in [0.2, 0.25) is 0 Å². The zero-order chi connectivity index (χ0) is 18.5. The molecule has 0 N–H and O–H groups in total. The molecule has 144 valence electrons. The Hall–Kier alpha value is -0.810. The average molecular weight is 357 g/mol. The van der Waals surface area contributed by atoms with Crippen LogP contribution < -0.4 is 0 Å². The molecule has 0 aromatic carbocycles. The van der Waals surface area contributed by atoms with Crippen molar-refractivity contribution in [1.29, 1.82) is 0 Å². The van der Waals surface area contributed by atoms with E-state index in [1.165, 1.54) is 57.8 Å². The molecular formula is C24H36O2. The van der Waals surface area contributed by atoms with E-state index < -0.39 is 6.10 Å². The van der Waals surface area contributed by atoms with Crippen molar-refractivity contribution < 1.29 is 9.53 Å². The van der Waals surface area contributed by atoms with Gasteiger partial charge < -0.3 is 4.74 Å². The van der Waals surface area contributed by atoms with Gasteiger partial charge in [-0.1, -0.05) is 32.6 Å². The predicted octanol–water partition coefficient (Wildman–Crippen LogP) is 5.25. The van der Waals surface area contributed by atoms with Crippen LogP contribution in [0, 0.1) is 52.8 Å². The standard InChI is InChI=1S/C24H36O2/c1-5-21(26-4)22(25)20-12-11-18-17-10-9-16-8-6-7-14-23(16,2)19(17)13-15-24(18,20)3/h1,16-21H,6-15H2,2-4H3/t16-,17-,18-,19-,20+,21?,23-,24-/m0/s1. The molecule has 8 atom stereocenters. The minimum absolute atomic E-state index is 0.103. The molecule has 0 aliphatic heterocycles. The number of rotatable bonds is 3. The van der Waals surface area contributed by atoms with Crippen LogP contribution in [-0.2, 0) is 9.53 Å². The van der Waals surface area contributed by atoms with Crippen molar-refractivity contribution in [3.8, 4) is 12.3 Å². The summed E-state index contributed by atoms with van der Waals surface area (Å²) in [6.07, 6.45) is 18.3. The van der Waals surface area contributed by atoms with Crippen molar-refractivity contribution in [1.82, 2.24) is 0 Å². The van der Waals surface area contributed by atoms with E-state index in [0.29, 0.717) is 11.3 Å². The summed E-state index contributed by atoms with van der Waals surface area (Å²) in [5.74, 6) is 6.24. The summed E-state index contributed by atoms with van der Waals surface area (Å²) in [4.78, 5) is 13.1. The van der Waals surface area contributed by atoms with Crippen LogP contribution in [0.25, 0.3) is 0 Å². The number of terminal acetylenes is 1. The van der Waals surface area contributed by atoms with Gasteiger partial charge >= 0.3 is 0 Å². The molecule has 4 fully saturated rings. The summed E-state index contributed by atoms with van der Waals surface area (Å²) in [7, 11) is 1.57. The van der Waals surface area contributed by atoms with E-state index in [1.807, 2.05) is 0 Å². The first-order chi connectivity index (χ1) is 12.5. The molecule has 0 saturated heterocycles. The molecule has 0 aromatic rings. The van der Waals surface area contributed by atoms with Crippen molar-refractivity contribution in [2.45, 2.75) is 84.2 Å². The first-order valence-corrected chi connectivity index (χ1v) is 11.0. The lowest BCUT2D eigenvalue weighted by atomic mass is 9.45. The molecule has 0 radical (unpaired) electrons. The number of hydrogen-bond donors (Lipinski definition) is 0. The van der Waals surface area contributed by atoms with Crippen molar-refractivity contribution in [3.63, 3.8) is 0 Å². The number of methoxy groups -OCH3 is 1. The number of Topliss-reactive ketones (excluding diaryl/α,β-unsaturated/α-hetero) is 1. The molecule has 0 bridgehead atoms. The van der Waals surface area contributed by atoms with E-state index in [0.717, 1.165) is 24.2 Å². The fourth-order valence-corrected chi connectivity index (χ4v) is 8.21. The quantitative estimate of drug-likeness (QED) is 0.645. The molecule has 0 aromatic heterocycles. The van der Waals surface area contributed by atoms with Crippen molar-refractivity contribution in [2.75, 3.05) is 7.11 Å². The van der Waals surface area contributed by atoms with E-state index in [9.17, 15) is 4.79 Å². The zero-order valence-electron chi connectivity index (χ0n) is 16.9. The van der Waals surface area contributed by atoms with Crippen LogP contribution in [0.4, 0.5) is 0 Å². The molecule has 0 amide bonds. The number of ether oxygens (including phenoxy) is 1. The van der Waals surface area contributed by atoms with E-state index in [4.69, 9.17) is 11.2 Å². The second kappa shape index (κ2) is 6.66. The predicted molar refractivity (Wildman–Crippen MR) is 104 cm³/mol. The van der Waals surface area contributed by atoms with E-state index in [2.05, 4.69) is 19.8 Å². The van der Waals surface area contributed by atoms with Gasteiger partial charge in [0.2, 0.25) is 0 Å². The molecule has 0 spiro atoms. The van der Waals surface area contributed by atoms with Crippen molar-refractivity contribution >= 4 is 5.78 Å². The minimum Gasteiger partial charge on any atom is -0.361 e. The monoisotopic (exact) mass is 356 g/mol. The molecule has 4 aliphatic carbocycles. The number of carbonyl (C=O) groups excluding carboxylic acids is 1. The van der Waals surface area contributed by atoms with Gasteiger partial charge in [0.05, 0.1) is 0 Å². The smallest absolute Gasteiger partial charge is 0.177 e. The summed E-state index contributed by atoms with van der Waals surface area (Å²) in [5.41, 5.74) is 0.711. The molecule has 4 saturated carbocycles.